The number of epoxide rings is 1. The monoisotopic (exact) mass is 230 g/mol. The van der Waals surface area contributed by atoms with Crippen LogP contribution in [0, 0.1) is 20.2 Å². The second kappa shape index (κ2) is 8.86. The van der Waals surface area contributed by atoms with E-state index in [1.54, 1.807) is 0 Å². The normalized spacial score (nSPS) is 18.4. The van der Waals surface area contributed by atoms with Crippen LogP contribution in [0.25, 0.3) is 0 Å². The Morgan fingerprint density at radius 1 is 1.33 bits per heavy atom. The first kappa shape index (κ1) is 15.7. The number of nitrogens with zero attached hydrogens (tertiary/aromatic N) is 2. The third-order valence-electron chi connectivity index (χ3n) is 0.975. The lowest BCUT2D eigenvalue weighted by Gasteiger charge is -1.97. The van der Waals surface area contributed by atoms with Crippen LogP contribution in [0.1, 0.15) is 0 Å². The zero-order valence-electron chi connectivity index (χ0n) is 7.29. The molecule has 0 aromatic carbocycles. The van der Waals surface area contributed by atoms with E-state index >= 15 is 0 Å². The van der Waals surface area contributed by atoms with Crippen LogP contribution in [0.2, 0.25) is 0 Å². The number of aliphatic hydroxyl groups is 2. The first-order valence-electron chi connectivity index (χ1n) is 3.38. The maximum Gasteiger partial charge on any atom is 0.291 e. The van der Waals surface area contributed by atoms with Crippen molar-refractivity contribution >= 4 is 0 Å². The molecule has 1 fully saturated rings. The highest BCUT2D eigenvalue weighted by Gasteiger charge is 2.30. The number of hydrogen-bond donors (Lipinski definition) is 4. The molecule has 1 rings (SSSR count). The summed E-state index contributed by atoms with van der Waals surface area (Å²) in [7, 11) is 0. The molecule has 1 aliphatic heterocycles. The topological polar surface area (TPSA) is 180 Å². The van der Waals surface area contributed by atoms with E-state index in [9.17, 15) is 0 Å². The second-order valence-electron chi connectivity index (χ2n) is 2.10. The molecule has 4 N–H and O–H groups in total. The maximum absolute atomic E-state index is 8.62. The summed E-state index contributed by atoms with van der Waals surface area (Å²) in [5.74, 6) is 0. The third kappa shape index (κ3) is 24.5. The van der Waals surface area contributed by atoms with Crippen molar-refractivity contribution in [2.75, 3.05) is 13.2 Å². The van der Waals surface area contributed by atoms with Gasteiger partial charge in [-0.2, -0.15) is 0 Å². The van der Waals surface area contributed by atoms with Crippen LogP contribution in [0.3, 0.4) is 0 Å². The minimum atomic E-state index is -1.50. The molecule has 11 heteroatoms. The van der Waals surface area contributed by atoms with E-state index < -0.39 is 16.3 Å². The predicted molar refractivity (Wildman–Crippen MR) is 40.4 cm³/mol. The summed E-state index contributed by atoms with van der Waals surface area (Å²) in [6.07, 6.45) is -0.731. The van der Waals surface area contributed by atoms with Gasteiger partial charge in [0.2, 0.25) is 0 Å². The Labute approximate surface area is 82.3 Å². The van der Waals surface area contributed by atoms with Crippen LogP contribution >= 0.6 is 0 Å². The van der Waals surface area contributed by atoms with Crippen molar-refractivity contribution in [3.63, 3.8) is 0 Å². The molecular formula is C4H10N2O9. The smallest absolute Gasteiger partial charge is 0.291 e. The lowest BCUT2D eigenvalue weighted by atomic mass is 10.3. The quantitative estimate of drug-likeness (QED) is 0.238. The lowest BCUT2D eigenvalue weighted by molar-refractivity contribution is -0.742. The van der Waals surface area contributed by atoms with Crippen molar-refractivity contribution in [2.24, 2.45) is 0 Å². The molecule has 15 heavy (non-hydrogen) atoms. The molecule has 90 valence electrons. The number of hydrogen-bond acceptors (Lipinski definition) is 7. The minimum absolute atomic E-state index is 0.0787. The van der Waals surface area contributed by atoms with Gasteiger partial charge in [0, 0.05) is 0 Å². The summed E-state index contributed by atoms with van der Waals surface area (Å²) in [5, 5.41) is 44.1. The molecule has 0 saturated carbocycles. The molecule has 1 aliphatic rings. The van der Waals surface area contributed by atoms with Crippen LogP contribution in [0.15, 0.2) is 0 Å². The molecule has 0 aliphatic carbocycles. The van der Waals surface area contributed by atoms with Crippen molar-refractivity contribution in [3.8, 4) is 0 Å². The van der Waals surface area contributed by atoms with Gasteiger partial charge < -0.3 is 25.4 Å². The number of ether oxygens (including phenoxy) is 1. The van der Waals surface area contributed by atoms with Crippen molar-refractivity contribution < 1.29 is 35.5 Å². The van der Waals surface area contributed by atoms with Crippen LogP contribution in [0.4, 0.5) is 0 Å². The SMILES string of the molecule is O=[N+]([O-])O.O=[N+]([O-])O.OCC(O)C1CO1. The summed E-state index contributed by atoms with van der Waals surface area (Å²) in [5.41, 5.74) is 0. The minimum Gasteiger partial charge on any atom is -0.394 e. The summed E-state index contributed by atoms with van der Waals surface area (Å²) in [4.78, 5) is 16.7. The third-order valence-corrected chi connectivity index (χ3v) is 0.975. The molecule has 0 amide bonds. The van der Waals surface area contributed by atoms with Gasteiger partial charge in [0.25, 0.3) is 10.2 Å². The van der Waals surface area contributed by atoms with Gasteiger partial charge in [-0.15, -0.1) is 20.2 Å². The Morgan fingerprint density at radius 2 is 1.60 bits per heavy atom. The van der Waals surface area contributed by atoms with E-state index in [0.29, 0.717) is 6.61 Å². The van der Waals surface area contributed by atoms with E-state index in [2.05, 4.69) is 4.74 Å². The highest BCUT2D eigenvalue weighted by Crippen LogP contribution is 2.12. The largest absolute Gasteiger partial charge is 0.394 e. The first-order valence-corrected chi connectivity index (χ1v) is 3.38. The van der Waals surface area contributed by atoms with Crippen LogP contribution in [-0.4, -0.2) is 56.2 Å². The van der Waals surface area contributed by atoms with Gasteiger partial charge in [0.15, 0.2) is 0 Å². The Morgan fingerprint density at radius 3 is 1.67 bits per heavy atom. The summed E-state index contributed by atoms with van der Waals surface area (Å²) in [6.45, 7) is 0.409. The Hall–Kier alpha value is -1.72. The van der Waals surface area contributed by atoms with E-state index in [1.165, 1.54) is 0 Å². The fraction of sp³-hybridized carbons (Fsp3) is 1.00. The zero-order chi connectivity index (χ0) is 12.4. The lowest BCUT2D eigenvalue weighted by Crippen LogP contribution is -2.18. The van der Waals surface area contributed by atoms with Crippen molar-refractivity contribution in [3.05, 3.63) is 20.2 Å². The Kier molecular flexibility index (Phi) is 9.30. The molecule has 0 bridgehead atoms. The molecule has 2 atom stereocenters. The van der Waals surface area contributed by atoms with Crippen molar-refractivity contribution in [2.45, 2.75) is 12.2 Å². The first-order chi connectivity index (χ1) is 6.81. The predicted octanol–water partition coefficient (Wildman–Crippen LogP) is -1.96. The van der Waals surface area contributed by atoms with Gasteiger partial charge in [-0.3, -0.25) is 0 Å². The van der Waals surface area contributed by atoms with Crippen LogP contribution < -0.4 is 0 Å². The molecular weight excluding hydrogens is 220 g/mol. The number of rotatable bonds is 2. The average Bonchev–Trinajstić information content (AvgIpc) is 2.83. The summed E-state index contributed by atoms with van der Waals surface area (Å²) < 4.78 is 4.65. The van der Waals surface area contributed by atoms with Gasteiger partial charge >= 0.3 is 0 Å². The van der Waals surface area contributed by atoms with E-state index in [1.807, 2.05) is 0 Å². The highest BCUT2D eigenvalue weighted by atomic mass is 16.9. The highest BCUT2D eigenvalue weighted by molar-refractivity contribution is 4.76. The molecule has 1 saturated heterocycles. The fourth-order valence-electron chi connectivity index (χ4n) is 0.395. The Balaban J connectivity index is 0. The van der Waals surface area contributed by atoms with Gasteiger partial charge in [0.05, 0.1) is 13.2 Å². The fourth-order valence-corrected chi connectivity index (χ4v) is 0.395. The molecule has 0 aromatic heterocycles. The summed E-state index contributed by atoms with van der Waals surface area (Å²) in [6, 6.07) is 0. The van der Waals surface area contributed by atoms with Gasteiger partial charge in [-0.25, -0.2) is 0 Å². The van der Waals surface area contributed by atoms with Gasteiger partial charge in [0.1, 0.15) is 12.2 Å². The average molecular weight is 230 g/mol. The van der Waals surface area contributed by atoms with E-state index in [4.69, 9.17) is 40.9 Å². The van der Waals surface area contributed by atoms with E-state index in [-0.39, 0.29) is 12.7 Å². The standard InChI is InChI=1S/C4H8O3.2HNO3/c5-1-3(6)4-2-7-4;2*2-1(3)4/h3-6H,1-2H2;2*(H,2,3,4). The van der Waals surface area contributed by atoms with E-state index in [0.717, 1.165) is 0 Å². The Bertz CT molecular complexity index is 173. The summed E-state index contributed by atoms with van der Waals surface area (Å²) >= 11 is 0. The van der Waals surface area contributed by atoms with Gasteiger partial charge in [-0.1, -0.05) is 0 Å². The number of aliphatic hydroxyl groups excluding tert-OH is 2. The second-order valence-corrected chi connectivity index (χ2v) is 2.10. The van der Waals surface area contributed by atoms with Gasteiger partial charge in [-0.05, 0) is 0 Å². The maximum atomic E-state index is 8.62. The zero-order valence-corrected chi connectivity index (χ0v) is 7.29. The van der Waals surface area contributed by atoms with Crippen molar-refractivity contribution in [1.82, 2.24) is 0 Å². The molecule has 11 nitrogen and oxygen atoms in total. The molecule has 0 spiro atoms. The molecule has 1 heterocycles. The van der Waals surface area contributed by atoms with Crippen molar-refractivity contribution in [1.29, 1.82) is 0 Å². The molecule has 2 unspecified atom stereocenters. The molecule has 0 aromatic rings. The van der Waals surface area contributed by atoms with Crippen LogP contribution in [-0.2, 0) is 4.74 Å². The van der Waals surface area contributed by atoms with Crippen LogP contribution in [0.5, 0.6) is 0 Å². The molecule has 0 radical (unpaired) electrons.